The maximum atomic E-state index is 14.5. The van der Waals surface area contributed by atoms with E-state index in [2.05, 4.69) is 87.9 Å². The third kappa shape index (κ3) is 28.1. The largest absolute Gasteiger partial charge is 0.354 e. The topological polar surface area (TPSA) is 447 Å². The Morgan fingerprint density at radius 3 is 1.29 bits per heavy atom. The first-order valence-corrected chi connectivity index (χ1v) is 41.6. The summed E-state index contributed by atoms with van der Waals surface area (Å²) in [6, 6.07) is -6.39. The lowest BCUT2D eigenvalue weighted by Crippen LogP contribution is -3.16. The van der Waals surface area contributed by atoms with Crippen LogP contribution in [-0.4, -0.2) is 260 Å². The van der Waals surface area contributed by atoms with Gasteiger partial charge < -0.3 is 88.7 Å². The lowest BCUT2D eigenvalue weighted by molar-refractivity contribution is -0.930. The van der Waals surface area contributed by atoms with Crippen molar-refractivity contribution in [1.29, 1.82) is 0 Å². The van der Waals surface area contributed by atoms with Gasteiger partial charge in [0.15, 0.2) is 0 Å². The second-order valence-electron chi connectivity index (χ2n) is 37.4. The van der Waals surface area contributed by atoms with E-state index < -0.39 is 164 Å². The van der Waals surface area contributed by atoms with Crippen LogP contribution in [0.15, 0.2) is 0 Å². The van der Waals surface area contributed by atoms with Crippen molar-refractivity contribution in [2.75, 3.05) is 58.9 Å². The second-order valence-corrected chi connectivity index (χ2v) is 37.4. The molecule has 0 bridgehead atoms. The Hall–Kier alpha value is -8.56. The van der Waals surface area contributed by atoms with Crippen LogP contribution in [0.3, 0.4) is 0 Å². The highest BCUT2D eigenvalue weighted by molar-refractivity contribution is 6.03. The average molecular weight is 1620 g/mol. The number of piperidine rings is 3. The van der Waals surface area contributed by atoms with Gasteiger partial charge in [0.25, 0.3) is 0 Å². The van der Waals surface area contributed by atoms with E-state index in [0.717, 1.165) is 51.7 Å². The highest BCUT2D eigenvalue weighted by Gasteiger charge is 2.49. The molecule has 0 aromatic heterocycles. The first-order chi connectivity index (χ1) is 53.1. The number of nitrogens with one attached hydrogen (secondary N) is 14. The number of likely N-dealkylation sites (tertiary alicyclic amines) is 3. The molecule has 115 heavy (non-hydrogen) atoms. The van der Waals surface area contributed by atoms with Crippen molar-refractivity contribution in [1.82, 2.24) is 88.7 Å². The summed E-state index contributed by atoms with van der Waals surface area (Å²) in [4.78, 5) is 229. The first-order valence-electron chi connectivity index (χ1n) is 41.6. The summed E-state index contributed by atoms with van der Waals surface area (Å²) in [7, 11) is 0. The number of carbonyl (C=O) groups excluding carboxylic acids is 16. The van der Waals surface area contributed by atoms with Gasteiger partial charge in [0.2, 0.25) is 94.5 Å². The van der Waals surface area contributed by atoms with E-state index in [9.17, 15) is 76.7 Å². The van der Waals surface area contributed by atoms with Crippen LogP contribution < -0.4 is 74.0 Å². The molecule has 9 unspecified atom stereocenters. The smallest absolute Gasteiger partial charge is 0.248 e. The van der Waals surface area contributed by atoms with Gasteiger partial charge in [0, 0.05) is 77.9 Å². The molecule has 0 aromatic carbocycles. The lowest BCUT2D eigenvalue weighted by Gasteiger charge is -2.42. The summed E-state index contributed by atoms with van der Waals surface area (Å²) < 4.78 is 0. The van der Waals surface area contributed by atoms with Gasteiger partial charge in [-0.15, -0.1) is 0 Å². The van der Waals surface area contributed by atoms with Crippen LogP contribution in [0.4, 0.5) is 0 Å². The van der Waals surface area contributed by atoms with Crippen LogP contribution in [-0.2, 0) is 76.7 Å². The fourth-order valence-electron chi connectivity index (χ4n) is 15.5. The van der Waals surface area contributed by atoms with Gasteiger partial charge in [0.05, 0.1) is 19.6 Å². The molecule has 5 rings (SSSR count). The molecule has 0 aromatic rings. The third-order valence-electron chi connectivity index (χ3n) is 22.2. The molecule has 5 aliphatic rings. The molecule has 34 nitrogen and oxygen atoms in total. The molecule has 16 amide bonds. The predicted molar refractivity (Wildman–Crippen MR) is 432 cm³/mol. The molecule has 0 saturated carbocycles. The minimum Gasteiger partial charge on any atom is -0.354 e. The van der Waals surface area contributed by atoms with Crippen LogP contribution >= 0.6 is 0 Å². The number of fused-ring (bicyclic) bond motifs is 1. The van der Waals surface area contributed by atoms with E-state index in [4.69, 9.17) is 0 Å². The van der Waals surface area contributed by atoms with Crippen molar-refractivity contribution in [3.63, 3.8) is 0 Å². The van der Waals surface area contributed by atoms with E-state index in [1.54, 1.807) is 32.6 Å². The minimum absolute atomic E-state index is 0.0646. The number of hydrogen-bond acceptors (Lipinski definition) is 17. The molecule has 5 fully saturated rings. The summed E-state index contributed by atoms with van der Waals surface area (Å²) in [6.07, 6.45) is 9.35. The number of hydrogen-bond donors (Lipinski definition) is 14. The molecule has 34 heteroatoms. The molecule has 0 spiro atoms. The highest BCUT2D eigenvalue weighted by atomic mass is 16.2. The molecule has 9 atom stereocenters. The third-order valence-corrected chi connectivity index (χ3v) is 22.2. The fraction of sp³-hybridized carbons (Fsp3) is 0.802. The van der Waals surface area contributed by atoms with E-state index >= 15 is 0 Å². The predicted octanol–water partition coefficient (Wildman–Crippen LogP) is -0.156. The van der Waals surface area contributed by atoms with E-state index in [0.29, 0.717) is 57.3 Å². The van der Waals surface area contributed by atoms with E-state index in [1.165, 1.54) is 104 Å². The number of quaternary nitrogens is 1. The van der Waals surface area contributed by atoms with Crippen LogP contribution in [0.5, 0.6) is 0 Å². The zero-order valence-corrected chi connectivity index (χ0v) is 72.8. The van der Waals surface area contributed by atoms with Crippen LogP contribution in [0.1, 0.15) is 255 Å². The molecule has 5 aliphatic heterocycles. The summed E-state index contributed by atoms with van der Waals surface area (Å²) in [5, 5.41) is 35.6. The van der Waals surface area contributed by atoms with Gasteiger partial charge in [-0.2, -0.15) is 0 Å². The Labute approximate surface area is 680 Å². The van der Waals surface area contributed by atoms with Crippen molar-refractivity contribution in [2.45, 2.75) is 342 Å². The highest BCUT2D eigenvalue weighted by Crippen LogP contribution is 2.27. The van der Waals surface area contributed by atoms with Gasteiger partial charge in [0.1, 0.15) is 81.2 Å². The maximum absolute atomic E-state index is 14.5. The minimum atomic E-state index is -1.67. The number of rotatable bonds is 37. The summed E-state index contributed by atoms with van der Waals surface area (Å²) in [6.45, 7) is 39.0. The van der Waals surface area contributed by atoms with Gasteiger partial charge in [-0.1, -0.05) is 41.5 Å². The average Bonchev–Trinajstić information content (AvgIpc) is 1.36. The summed E-state index contributed by atoms with van der Waals surface area (Å²) in [5.41, 5.74) is -11.1. The number of amides is 16. The zero-order chi connectivity index (χ0) is 86.8. The van der Waals surface area contributed by atoms with Crippen molar-refractivity contribution in [3.8, 4) is 0 Å². The SMILES string of the molecule is CC(=O)N1CCCCC1C(=O)NC(C)(C)C(=O)N1CCCCC1C(=O)NC(C)(C)C(=O)NC(C)(C)C(=O)NC(CC(C)C)C(=O)NCCC(=O)NCC(=O)NC(C)(C)C(=O)NC(C)(C)C(=O)N1CCCCC1C(=O)NC(C)(C)C(=O)NC(C)C(=O)NC(CC(C)C)C(=O)NC(C)(C)C(=O)NC(CC(C)C)CN1CCC[NH+]2CCCC12. The Morgan fingerprint density at radius 1 is 0.374 bits per heavy atom. The van der Waals surface area contributed by atoms with Gasteiger partial charge in [-0.25, -0.2) is 0 Å². The normalized spacial score (nSPS) is 20.4. The summed E-state index contributed by atoms with van der Waals surface area (Å²) in [5.74, 6) is -9.77. The van der Waals surface area contributed by atoms with Gasteiger partial charge >= 0.3 is 0 Å². The number of carbonyl (C=O) groups is 16. The molecule has 5 saturated heterocycles. The van der Waals surface area contributed by atoms with Crippen molar-refractivity contribution < 1.29 is 81.6 Å². The Kier molecular flexibility index (Phi) is 34.6. The standard InChI is InChI=1S/C81H140N18O16/c1-48(2)43-53(47-96-39-30-38-95-37-29-34-61(95)96)85-69(110)76(11,12)89-64(105)55(45-50(5)6)86-62(103)51(7)84-68(109)75(9,10)90-66(107)57-32-25-28-42-99(57)74(115)81(21,22)94-71(112)78(15,16)88-60(102)46-83-59(101)35-36-82-63(104)54(44-49(3)4)87-70(111)77(13,14)93-72(113)79(17,18)91-67(108)58-33-24-27-41-98(58)73(114)80(19,20)92-65(106)56-31-23-26-40-97(56)52(8)100/h48-51,53-58,61H,23-47H2,1-22H3,(H,82,104)(H,83,101)(H,84,109)(H,85,110)(H,86,103)(H,87,111)(H,88,102)(H,89,105)(H,90,107)(H,91,108)(H,92,106)(H,93,113)(H,94,112)/p+1. The van der Waals surface area contributed by atoms with Gasteiger partial charge in [-0.05, 0) is 199 Å². The van der Waals surface area contributed by atoms with E-state index in [-0.39, 0.29) is 81.4 Å². The second kappa shape index (κ2) is 41.0. The van der Waals surface area contributed by atoms with Crippen LogP contribution in [0.25, 0.3) is 0 Å². The molecule has 650 valence electrons. The Balaban J connectivity index is 1.07. The fourth-order valence-corrected chi connectivity index (χ4v) is 15.5. The Bertz CT molecular complexity index is 3530. The summed E-state index contributed by atoms with van der Waals surface area (Å²) >= 11 is 0. The van der Waals surface area contributed by atoms with Gasteiger partial charge in [-0.3, -0.25) is 81.6 Å². The molecule has 5 heterocycles. The lowest BCUT2D eigenvalue weighted by atomic mass is 9.93. The Morgan fingerprint density at radius 2 is 0.783 bits per heavy atom. The quantitative estimate of drug-likeness (QED) is 0.0384. The van der Waals surface area contributed by atoms with E-state index in [1.807, 2.05) is 27.7 Å². The molecular formula is C81H141N18O16+. The maximum Gasteiger partial charge on any atom is 0.248 e. The van der Waals surface area contributed by atoms with Crippen LogP contribution in [0, 0.1) is 17.8 Å². The van der Waals surface area contributed by atoms with Crippen molar-refractivity contribution in [2.24, 2.45) is 17.8 Å². The van der Waals surface area contributed by atoms with Crippen molar-refractivity contribution >= 4 is 94.5 Å². The molecule has 14 N–H and O–H groups in total. The number of nitrogens with zero attached hydrogens (tertiary/aromatic N) is 4. The monoisotopic (exact) mass is 1620 g/mol. The van der Waals surface area contributed by atoms with Crippen molar-refractivity contribution in [3.05, 3.63) is 0 Å². The van der Waals surface area contributed by atoms with Crippen LogP contribution in [0.2, 0.25) is 0 Å². The molecule has 0 radical (unpaired) electrons. The molecular weight excluding hydrogens is 1480 g/mol. The first kappa shape index (κ1) is 97.0. The molecule has 0 aliphatic carbocycles. The zero-order valence-electron chi connectivity index (χ0n) is 72.8.